The van der Waals surface area contributed by atoms with E-state index in [1.165, 1.54) is 23.9 Å². The van der Waals surface area contributed by atoms with E-state index in [2.05, 4.69) is 15.3 Å². The van der Waals surface area contributed by atoms with Crippen LogP contribution in [0.5, 0.6) is 0 Å². The second-order valence-electron chi connectivity index (χ2n) is 5.84. The zero-order chi connectivity index (χ0) is 17.9. The highest BCUT2D eigenvalue weighted by atomic mass is 32.2. The fourth-order valence-corrected chi connectivity index (χ4v) is 3.04. The third-order valence-electron chi connectivity index (χ3n) is 3.99. The molecule has 128 valence electrons. The first-order chi connectivity index (χ1) is 11.3. The average molecular weight is 347 g/mol. The molecule has 6 heteroatoms. The van der Waals surface area contributed by atoms with Gasteiger partial charge < -0.3 is 5.32 Å². The van der Waals surface area contributed by atoms with Crippen molar-refractivity contribution in [2.45, 2.75) is 51.1 Å². The Morgan fingerprint density at radius 3 is 2.17 bits per heavy atom. The minimum Gasteiger partial charge on any atom is -0.349 e. The highest BCUT2D eigenvalue weighted by molar-refractivity contribution is 8.00. The zero-order valence-electron chi connectivity index (χ0n) is 14.6. The fourth-order valence-electron chi connectivity index (χ4n) is 2.17. The van der Waals surface area contributed by atoms with E-state index < -0.39 is 0 Å². The number of hydrogen-bond acceptors (Lipinski definition) is 4. The summed E-state index contributed by atoms with van der Waals surface area (Å²) in [4.78, 5) is 21.2. The quantitative estimate of drug-likeness (QED) is 0.658. The molecule has 4 nitrogen and oxygen atoms in total. The van der Waals surface area contributed by atoms with Crippen molar-refractivity contribution in [1.82, 2.24) is 15.3 Å². The first kappa shape index (κ1) is 18.4. The summed E-state index contributed by atoms with van der Waals surface area (Å²) in [5.74, 6) is -0.389. The summed E-state index contributed by atoms with van der Waals surface area (Å²) >= 11 is 1.33. The normalized spacial score (nSPS) is 13.4. The van der Waals surface area contributed by atoms with E-state index in [9.17, 15) is 9.18 Å². The van der Waals surface area contributed by atoms with Gasteiger partial charge in [0.2, 0.25) is 5.91 Å². The van der Waals surface area contributed by atoms with Crippen LogP contribution in [0.25, 0.3) is 0 Å². The van der Waals surface area contributed by atoms with Crippen LogP contribution in [0.1, 0.15) is 42.4 Å². The van der Waals surface area contributed by atoms with Crippen LogP contribution < -0.4 is 5.32 Å². The van der Waals surface area contributed by atoms with E-state index in [-0.39, 0.29) is 23.0 Å². The Bertz CT molecular complexity index is 711. The number of aryl methyl sites for hydroxylation is 2. The van der Waals surface area contributed by atoms with Gasteiger partial charge in [-0.1, -0.05) is 23.9 Å². The summed E-state index contributed by atoms with van der Waals surface area (Å²) in [5.41, 5.74) is 3.79. The largest absolute Gasteiger partial charge is 0.349 e. The molecule has 0 unspecified atom stereocenters. The van der Waals surface area contributed by atoms with Crippen LogP contribution in [0.4, 0.5) is 4.39 Å². The lowest BCUT2D eigenvalue weighted by molar-refractivity contribution is -0.120. The first-order valence-corrected chi connectivity index (χ1v) is 8.70. The molecular weight excluding hydrogens is 325 g/mol. The molecule has 2 rings (SSSR count). The Hall–Kier alpha value is -1.95. The lowest BCUT2D eigenvalue weighted by atomic mass is 10.1. The minimum atomic E-state index is -0.325. The molecule has 0 radical (unpaired) electrons. The molecule has 0 spiro atoms. The van der Waals surface area contributed by atoms with Crippen molar-refractivity contribution in [3.63, 3.8) is 0 Å². The molecule has 0 saturated heterocycles. The number of nitrogens with zero attached hydrogens (tertiary/aromatic N) is 2. The van der Waals surface area contributed by atoms with Gasteiger partial charge in [0.15, 0.2) is 5.16 Å². The predicted octanol–water partition coefficient (Wildman–Crippen LogP) is 3.90. The van der Waals surface area contributed by atoms with Crippen molar-refractivity contribution in [3.05, 3.63) is 52.6 Å². The van der Waals surface area contributed by atoms with Crippen LogP contribution in [0, 0.1) is 26.6 Å². The Kier molecular flexibility index (Phi) is 5.94. The molecule has 0 aliphatic rings. The standard InChI is InChI=1S/C18H22FN3OS/c1-10-11(2)21-18(22-12(10)3)24-14(5)17(23)20-13(4)15-6-8-16(19)9-7-15/h6-9,13-14H,1-5H3,(H,20,23)/t13-,14+/m1/s1. The number of aromatic nitrogens is 2. The molecule has 0 fully saturated rings. The maximum Gasteiger partial charge on any atom is 0.233 e. The first-order valence-electron chi connectivity index (χ1n) is 7.82. The predicted molar refractivity (Wildman–Crippen MR) is 94.5 cm³/mol. The smallest absolute Gasteiger partial charge is 0.233 e. The molecule has 0 bridgehead atoms. The number of benzene rings is 1. The second-order valence-corrected chi connectivity index (χ2v) is 7.15. The van der Waals surface area contributed by atoms with Gasteiger partial charge in [-0.15, -0.1) is 0 Å². The monoisotopic (exact) mass is 347 g/mol. The molecule has 1 amide bonds. The summed E-state index contributed by atoms with van der Waals surface area (Å²) in [6.45, 7) is 9.56. The SMILES string of the molecule is Cc1nc(S[C@@H](C)C(=O)N[C@H](C)c2ccc(F)cc2)nc(C)c1C. The fraction of sp³-hybridized carbons (Fsp3) is 0.389. The number of amides is 1. The molecule has 2 atom stereocenters. The van der Waals surface area contributed by atoms with Crippen LogP contribution >= 0.6 is 11.8 Å². The van der Waals surface area contributed by atoms with Gasteiger partial charge in [0.1, 0.15) is 5.82 Å². The van der Waals surface area contributed by atoms with E-state index in [0.29, 0.717) is 5.16 Å². The van der Waals surface area contributed by atoms with Gasteiger partial charge in [0, 0.05) is 11.4 Å². The van der Waals surface area contributed by atoms with Crippen molar-refractivity contribution in [3.8, 4) is 0 Å². The molecule has 0 saturated carbocycles. The molecule has 1 aromatic heterocycles. The molecule has 0 aliphatic heterocycles. The van der Waals surface area contributed by atoms with Crippen LogP contribution in [-0.2, 0) is 4.79 Å². The summed E-state index contributed by atoms with van der Waals surface area (Å²) in [7, 11) is 0. The number of carbonyl (C=O) groups excluding carboxylic acids is 1. The topological polar surface area (TPSA) is 54.9 Å². The summed E-state index contributed by atoms with van der Waals surface area (Å²) in [6.07, 6.45) is 0. The lowest BCUT2D eigenvalue weighted by Crippen LogP contribution is -2.33. The molecule has 1 aromatic carbocycles. The molecule has 1 N–H and O–H groups in total. The average Bonchev–Trinajstić information content (AvgIpc) is 2.52. The number of thioether (sulfide) groups is 1. The van der Waals surface area contributed by atoms with Crippen molar-refractivity contribution >= 4 is 17.7 Å². The van der Waals surface area contributed by atoms with Crippen molar-refractivity contribution < 1.29 is 9.18 Å². The van der Waals surface area contributed by atoms with Crippen molar-refractivity contribution in [2.75, 3.05) is 0 Å². The van der Waals surface area contributed by atoms with Gasteiger partial charge in [0.05, 0.1) is 11.3 Å². The van der Waals surface area contributed by atoms with Crippen molar-refractivity contribution in [1.29, 1.82) is 0 Å². The Morgan fingerprint density at radius 1 is 1.08 bits per heavy atom. The van der Waals surface area contributed by atoms with Crippen LogP contribution in [0.3, 0.4) is 0 Å². The van der Waals surface area contributed by atoms with Gasteiger partial charge in [-0.3, -0.25) is 4.79 Å². The highest BCUT2D eigenvalue weighted by Crippen LogP contribution is 2.23. The maximum atomic E-state index is 13.0. The number of hydrogen-bond donors (Lipinski definition) is 1. The lowest BCUT2D eigenvalue weighted by Gasteiger charge is -2.17. The molecule has 2 aromatic rings. The molecule has 1 heterocycles. The number of carbonyl (C=O) groups is 1. The van der Waals surface area contributed by atoms with Gasteiger partial charge >= 0.3 is 0 Å². The van der Waals surface area contributed by atoms with E-state index in [4.69, 9.17) is 0 Å². The number of nitrogens with one attached hydrogen (secondary N) is 1. The molecule has 0 aliphatic carbocycles. The van der Waals surface area contributed by atoms with Gasteiger partial charge in [0.25, 0.3) is 0 Å². The van der Waals surface area contributed by atoms with Crippen molar-refractivity contribution in [2.24, 2.45) is 0 Å². The Labute approximate surface area is 146 Å². The summed E-state index contributed by atoms with van der Waals surface area (Å²) < 4.78 is 13.0. The third kappa shape index (κ3) is 4.54. The van der Waals surface area contributed by atoms with E-state index in [1.807, 2.05) is 34.6 Å². The van der Waals surface area contributed by atoms with Gasteiger partial charge in [-0.25, -0.2) is 14.4 Å². The second kappa shape index (κ2) is 7.75. The van der Waals surface area contributed by atoms with Gasteiger partial charge in [-0.05, 0) is 57.9 Å². The van der Waals surface area contributed by atoms with E-state index in [0.717, 1.165) is 22.5 Å². The van der Waals surface area contributed by atoms with Gasteiger partial charge in [-0.2, -0.15) is 0 Å². The zero-order valence-corrected chi connectivity index (χ0v) is 15.4. The van der Waals surface area contributed by atoms with Crippen LogP contribution in [-0.4, -0.2) is 21.1 Å². The summed E-state index contributed by atoms with van der Waals surface area (Å²) in [5, 5.41) is 3.22. The van der Waals surface area contributed by atoms with E-state index in [1.54, 1.807) is 12.1 Å². The number of halogens is 1. The Balaban J connectivity index is 2.00. The minimum absolute atomic E-state index is 0.101. The Morgan fingerprint density at radius 2 is 1.62 bits per heavy atom. The third-order valence-corrected chi connectivity index (χ3v) is 4.95. The maximum absolute atomic E-state index is 13.0. The molecule has 24 heavy (non-hydrogen) atoms. The summed E-state index contributed by atoms with van der Waals surface area (Å²) in [6, 6.07) is 5.94. The number of rotatable bonds is 5. The van der Waals surface area contributed by atoms with Crippen LogP contribution in [0.2, 0.25) is 0 Å². The van der Waals surface area contributed by atoms with E-state index >= 15 is 0 Å². The van der Waals surface area contributed by atoms with Crippen LogP contribution in [0.15, 0.2) is 29.4 Å². The molecular formula is C18H22FN3OS. The highest BCUT2D eigenvalue weighted by Gasteiger charge is 2.19.